The summed E-state index contributed by atoms with van der Waals surface area (Å²) in [6.07, 6.45) is 0.706. The molecule has 150 valence electrons. The van der Waals surface area contributed by atoms with Crippen molar-refractivity contribution in [3.8, 4) is 0 Å². The van der Waals surface area contributed by atoms with Crippen LogP contribution in [-0.4, -0.2) is 60.9 Å². The van der Waals surface area contributed by atoms with Gasteiger partial charge in [-0.3, -0.25) is 4.99 Å². The Hall–Kier alpha value is -1.99. The molecule has 1 fully saturated rings. The molecule has 1 heterocycles. The molecule has 1 aliphatic heterocycles. The fraction of sp³-hybridized carbons (Fsp3) is 0.579. The number of piperidine rings is 1. The van der Waals surface area contributed by atoms with Crippen LogP contribution in [0.15, 0.2) is 29.3 Å². The number of amides is 1. The van der Waals surface area contributed by atoms with Crippen LogP contribution in [0.2, 0.25) is 5.02 Å². The summed E-state index contributed by atoms with van der Waals surface area (Å²) in [6, 6.07) is 7.33. The Kier molecular flexibility index (Phi) is 8.67. The average molecular weight is 397 g/mol. The van der Waals surface area contributed by atoms with Crippen molar-refractivity contribution < 1.29 is 14.6 Å². The predicted octanol–water partition coefficient (Wildman–Crippen LogP) is 2.55. The summed E-state index contributed by atoms with van der Waals surface area (Å²) in [4.78, 5) is 18.0. The SMILES string of the molecule is CCNC(=NCC(O)c1ccc(Cl)cc1)NC1CCN(C(=O)OCC)CC1. The lowest BCUT2D eigenvalue weighted by atomic mass is 10.1. The number of carbonyl (C=O) groups is 1. The number of halogens is 1. The normalized spacial score (nSPS) is 16.7. The fourth-order valence-electron chi connectivity index (χ4n) is 2.90. The second-order valence-electron chi connectivity index (χ2n) is 6.39. The summed E-state index contributed by atoms with van der Waals surface area (Å²) in [6.45, 7) is 6.49. The summed E-state index contributed by atoms with van der Waals surface area (Å²) in [5.74, 6) is 0.667. The molecule has 1 amide bonds. The Morgan fingerprint density at radius 3 is 2.59 bits per heavy atom. The summed E-state index contributed by atoms with van der Waals surface area (Å²) >= 11 is 5.88. The van der Waals surface area contributed by atoms with Crippen LogP contribution < -0.4 is 10.6 Å². The molecule has 1 aliphatic rings. The molecule has 0 bridgehead atoms. The summed E-state index contributed by atoms with van der Waals surface area (Å²) in [7, 11) is 0. The molecule has 2 rings (SSSR count). The van der Waals surface area contributed by atoms with Gasteiger partial charge in [-0.1, -0.05) is 23.7 Å². The zero-order valence-electron chi connectivity index (χ0n) is 15.9. The molecule has 1 atom stereocenters. The molecule has 0 aromatic heterocycles. The van der Waals surface area contributed by atoms with E-state index in [2.05, 4.69) is 15.6 Å². The number of rotatable bonds is 6. The first kappa shape index (κ1) is 21.3. The Balaban J connectivity index is 1.86. The molecule has 0 saturated carbocycles. The first-order valence-electron chi connectivity index (χ1n) is 9.43. The van der Waals surface area contributed by atoms with Gasteiger partial charge in [-0.2, -0.15) is 0 Å². The van der Waals surface area contributed by atoms with Crippen LogP contribution in [0.3, 0.4) is 0 Å². The Bertz CT molecular complexity index is 616. The van der Waals surface area contributed by atoms with E-state index in [1.807, 2.05) is 13.8 Å². The third-order valence-corrected chi connectivity index (χ3v) is 4.64. The largest absolute Gasteiger partial charge is 0.450 e. The van der Waals surface area contributed by atoms with E-state index in [4.69, 9.17) is 16.3 Å². The van der Waals surface area contributed by atoms with E-state index < -0.39 is 6.10 Å². The lowest BCUT2D eigenvalue weighted by Gasteiger charge is -2.32. The highest BCUT2D eigenvalue weighted by Crippen LogP contribution is 2.17. The quantitative estimate of drug-likeness (QED) is 0.508. The molecule has 0 aliphatic carbocycles. The van der Waals surface area contributed by atoms with E-state index in [0.717, 1.165) is 24.9 Å². The Morgan fingerprint density at radius 2 is 2.00 bits per heavy atom. The van der Waals surface area contributed by atoms with E-state index in [9.17, 15) is 9.90 Å². The number of benzene rings is 1. The van der Waals surface area contributed by atoms with E-state index in [-0.39, 0.29) is 18.7 Å². The van der Waals surface area contributed by atoms with Gasteiger partial charge in [0.05, 0.1) is 19.3 Å². The predicted molar refractivity (Wildman–Crippen MR) is 107 cm³/mol. The van der Waals surface area contributed by atoms with Crippen LogP contribution >= 0.6 is 11.6 Å². The van der Waals surface area contributed by atoms with Crippen molar-refractivity contribution in [2.75, 3.05) is 32.8 Å². The number of carbonyl (C=O) groups excluding carboxylic acids is 1. The lowest BCUT2D eigenvalue weighted by molar-refractivity contribution is 0.0963. The van der Waals surface area contributed by atoms with Gasteiger partial charge in [0.15, 0.2) is 5.96 Å². The number of aliphatic imine (C=N–C) groups is 1. The van der Waals surface area contributed by atoms with E-state index in [0.29, 0.717) is 30.7 Å². The lowest BCUT2D eigenvalue weighted by Crippen LogP contribution is -2.50. The van der Waals surface area contributed by atoms with Crippen LogP contribution in [-0.2, 0) is 4.74 Å². The number of likely N-dealkylation sites (tertiary alicyclic amines) is 1. The van der Waals surface area contributed by atoms with Gasteiger partial charge in [0.1, 0.15) is 0 Å². The minimum absolute atomic E-state index is 0.223. The van der Waals surface area contributed by atoms with Crippen LogP contribution in [0, 0.1) is 0 Å². The highest BCUT2D eigenvalue weighted by Gasteiger charge is 2.24. The molecule has 0 radical (unpaired) electrons. The van der Waals surface area contributed by atoms with Crippen molar-refractivity contribution in [2.24, 2.45) is 4.99 Å². The van der Waals surface area contributed by atoms with Gasteiger partial charge >= 0.3 is 6.09 Å². The second kappa shape index (κ2) is 11.0. The molecule has 1 aromatic rings. The van der Waals surface area contributed by atoms with Crippen molar-refractivity contribution in [1.82, 2.24) is 15.5 Å². The molecule has 7 nitrogen and oxygen atoms in total. The molecular formula is C19H29ClN4O3. The van der Waals surface area contributed by atoms with Gasteiger partial charge in [-0.25, -0.2) is 4.79 Å². The van der Waals surface area contributed by atoms with E-state index in [1.54, 1.807) is 29.2 Å². The van der Waals surface area contributed by atoms with Gasteiger partial charge in [-0.15, -0.1) is 0 Å². The molecule has 1 aromatic carbocycles. The zero-order valence-corrected chi connectivity index (χ0v) is 16.7. The number of hydrogen-bond acceptors (Lipinski definition) is 4. The van der Waals surface area contributed by atoms with Crippen molar-refractivity contribution in [3.05, 3.63) is 34.9 Å². The van der Waals surface area contributed by atoms with Crippen LogP contribution in [0.4, 0.5) is 4.79 Å². The highest BCUT2D eigenvalue weighted by molar-refractivity contribution is 6.30. The maximum atomic E-state index is 11.8. The maximum absolute atomic E-state index is 11.8. The van der Waals surface area contributed by atoms with Gasteiger partial charge in [0.2, 0.25) is 0 Å². The molecule has 1 saturated heterocycles. The number of nitrogens with zero attached hydrogens (tertiary/aromatic N) is 2. The van der Waals surface area contributed by atoms with Gasteiger partial charge in [0, 0.05) is 30.7 Å². The third kappa shape index (κ3) is 6.92. The first-order valence-corrected chi connectivity index (χ1v) is 9.81. The van der Waals surface area contributed by atoms with Crippen LogP contribution in [0.25, 0.3) is 0 Å². The third-order valence-electron chi connectivity index (χ3n) is 4.38. The van der Waals surface area contributed by atoms with E-state index in [1.165, 1.54) is 0 Å². The van der Waals surface area contributed by atoms with Crippen molar-refractivity contribution in [1.29, 1.82) is 0 Å². The number of aliphatic hydroxyl groups excluding tert-OH is 1. The summed E-state index contributed by atoms with van der Waals surface area (Å²) in [5.41, 5.74) is 0.779. The first-order chi connectivity index (χ1) is 13.0. The number of nitrogens with one attached hydrogen (secondary N) is 2. The molecule has 3 N–H and O–H groups in total. The molecule has 8 heteroatoms. The number of guanidine groups is 1. The maximum Gasteiger partial charge on any atom is 0.409 e. The Morgan fingerprint density at radius 1 is 1.33 bits per heavy atom. The average Bonchev–Trinajstić information content (AvgIpc) is 2.67. The van der Waals surface area contributed by atoms with E-state index >= 15 is 0 Å². The topological polar surface area (TPSA) is 86.2 Å². The van der Waals surface area contributed by atoms with Crippen LogP contribution in [0.5, 0.6) is 0 Å². The Labute approximate surface area is 165 Å². The van der Waals surface area contributed by atoms with Crippen LogP contribution in [0.1, 0.15) is 38.4 Å². The highest BCUT2D eigenvalue weighted by atomic mass is 35.5. The van der Waals surface area contributed by atoms with Crippen molar-refractivity contribution in [3.63, 3.8) is 0 Å². The van der Waals surface area contributed by atoms with Gasteiger partial charge < -0.3 is 25.4 Å². The minimum atomic E-state index is -0.691. The molecule has 27 heavy (non-hydrogen) atoms. The minimum Gasteiger partial charge on any atom is -0.450 e. The molecule has 0 spiro atoms. The standard InChI is InChI=1S/C19H29ClN4O3/c1-3-21-18(22-13-17(25)14-5-7-15(20)8-6-14)23-16-9-11-24(12-10-16)19(26)27-4-2/h5-8,16-17,25H,3-4,9-13H2,1-2H3,(H2,21,22,23). The van der Waals surface area contributed by atoms with Crippen molar-refractivity contribution in [2.45, 2.75) is 38.8 Å². The van der Waals surface area contributed by atoms with Gasteiger partial charge in [-0.05, 0) is 44.4 Å². The molecule has 1 unspecified atom stereocenters. The summed E-state index contributed by atoms with van der Waals surface area (Å²) < 4.78 is 5.05. The number of aliphatic hydroxyl groups is 1. The second-order valence-corrected chi connectivity index (χ2v) is 6.83. The number of ether oxygens (including phenoxy) is 1. The summed E-state index contributed by atoms with van der Waals surface area (Å²) in [5, 5.41) is 17.5. The van der Waals surface area contributed by atoms with Crippen molar-refractivity contribution >= 4 is 23.7 Å². The number of hydrogen-bond donors (Lipinski definition) is 3. The molecular weight excluding hydrogens is 368 g/mol. The fourth-order valence-corrected chi connectivity index (χ4v) is 3.03. The zero-order chi connectivity index (χ0) is 19.6. The van der Waals surface area contributed by atoms with Gasteiger partial charge in [0.25, 0.3) is 0 Å². The smallest absolute Gasteiger partial charge is 0.409 e. The monoisotopic (exact) mass is 396 g/mol.